The molecule has 0 saturated carbocycles. The molecule has 0 heterocycles. The predicted octanol–water partition coefficient (Wildman–Crippen LogP) is 4.86. The predicted molar refractivity (Wildman–Crippen MR) is 105 cm³/mol. The van der Waals surface area contributed by atoms with E-state index in [1.807, 2.05) is 60.7 Å². The van der Waals surface area contributed by atoms with Gasteiger partial charge in [0, 0.05) is 5.92 Å². The largest absolute Gasteiger partial charge is 0.293 e. The van der Waals surface area contributed by atoms with Gasteiger partial charge in [-0.3, -0.25) is 4.79 Å². The standard InChI is InChI=1S/C20H25OPS/c1-3-5-12-17(4-2)20(21)22(23,18-13-8-6-9-14-18)19-15-10-7-11-16-19/h6-11,13-17H,3-5,12H2,1-2H3. The fourth-order valence-electron chi connectivity index (χ4n) is 2.89. The van der Waals surface area contributed by atoms with E-state index < -0.39 is 6.04 Å². The van der Waals surface area contributed by atoms with Crippen LogP contribution in [-0.2, 0) is 16.6 Å². The highest BCUT2D eigenvalue weighted by molar-refractivity contribution is 8.29. The van der Waals surface area contributed by atoms with Gasteiger partial charge in [-0.25, -0.2) is 0 Å². The van der Waals surface area contributed by atoms with Crippen LogP contribution in [0.3, 0.4) is 0 Å². The smallest absolute Gasteiger partial charge is 0.175 e. The molecule has 1 unspecified atom stereocenters. The summed E-state index contributed by atoms with van der Waals surface area (Å²) in [5.41, 5.74) is 0.279. The molecule has 2 rings (SSSR count). The molecule has 0 aliphatic carbocycles. The van der Waals surface area contributed by atoms with Gasteiger partial charge in [0.25, 0.3) is 0 Å². The summed E-state index contributed by atoms with van der Waals surface area (Å²) in [6.45, 7) is 4.27. The Morgan fingerprint density at radius 2 is 1.43 bits per heavy atom. The Balaban J connectivity index is 2.50. The van der Waals surface area contributed by atoms with E-state index in [0.717, 1.165) is 36.3 Å². The van der Waals surface area contributed by atoms with Crippen LogP contribution in [0, 0.1) is 5.92 Å². The Labute approximate surface area is 145 Å². The first kappa shape index (κ1) is 18.1. The van der Waals surface area contributed by atoms with Gasteiger partial charge in [-0.1, -0.05) is 99.2 Å². The second-order valence-electron chi connectivity index (χ2n) is 5.87. The van der Waals surface area contributed by atoms with Gasteiger partial charge in [0.15, 0.2) is 5.52 Å². The highest BCUT2D eigenvalue weighted by atomic mass is 32.4. The molecule has 23 heavy (non-hydrogen) atoms. The van der Waals surface area contributed by atoms with E-state index in [9.17, 15) is 4.79 Å². The molecule has 0 N–H and O–H groups in total. The fraction of sp³-hybridized carbons (Fsp3) is 0.350. The average Bonchev–Trinajstić information content (AvgIpc) is 2.63. The summed E-state index contributed by atoms with van der Waals surface area (Å²) in [7, 11) is 0. The molecule has 0 aromatic heterocycles. The topological polar surface area (TPSA) is 17.1 Å². The van der Waals surface area contributed by atoms with Crippen LogP contribution in [0.2, 0.25) is 0 Å². The van der Waals surface area contributed by atoms with Gasteiger partial charge in [0.2, 0.25) is 0 Å². The Hall–Kier alpha value is -1.24. The van der Waals surface area contributed by atoms with Gasteiger partial charge in [0.05, 0.1) is 6.04 Å². The van der Waals surface area contributed by atoms with Gasteiger partial charge in [-0.15, -0.1) is 0 Å². The van der Waals surface area contributed by atoms with E-state index in [0.29, 0.717) is 0 Å². The van der Waals surface area contributed by atoms with Crippen molar-refractivity contribution in [3.8, 4) is 0 Å². The Morgan fingerprint density at radius 1 is 0.957 bits per heavy atom. The molecule has 122 valence electrons. The SMILES string of the molecule is CCCCC(CC)C(=O)P(=S)(c1ccccc1)c1ccccc1. The third-order valence-electron chi connectivity index (χ3n) is 4.30. The van der Waals surface area contributed by atoms with Crippen molar-refractivity contribution in [2.24, 2.45) is 5.92 Å². The number of benzene rings is 2. The zero-order valence-electron chi connectivity index (χ0n) is 13.9. The van der Waals surface area contributed by atoms with E-state index in [1.165, 1.54) is 0 Å². The molecule has 0 spiro atoms. The summed E-state index contributed by atoms with van der Waals surface area (Å²) in [6.07, 6.45) is 4.02. The Bertz CT molecular complexity index is 623. The molecule has 3 heteroatoms. The monoisotopic (exact) mass is 344 g/mol. The van der Waals surface area contributed by atoms with Gasteiger partial charge in [-0.05, 0) is 23.5 Å². The van der Waals surface area contributed by atoms with Gasteiger partial charge >= 0.3 is 0 Å². The van der Waals surface area contributed by atoms with E-state index in [1.54, 1.807) is 0 Å². The summed E-state index contributed by atoms with van der Waals surface area (Å²) in [5.74, 6) is 0.0706. The third-order valence-corrected chi connectivity index (χ3v) is 9.14. The second kappa shape index (κ2) is 8.57. The molecule has 0 radical (unpaired) electrons. The minimum absolute atomic E-state index is 0.0706. The first-order chi connectivity index (χ1) is 11.1. The first-order valence-electron chi connectivity index (χ1n) is 8.40. The average molecular weight is 344 g/mol. The van der Waals surface area contributed by atoms with Crippen LogP contribution in [0.5, 0.6) is 0 Å². The molecule has 0 fully saturated rings. The highest BCUT2D eigenvalue weighted by Gasteiger charge is 2.34. The van der Waals surface area contributed by atoms with E-state index in [4.69, 9.17) is 11.8 Å². The van der Waals surface area contributed by atoms with Crippen molar-refractivity contribution in [3.05, 3.63) is 60.7 Å². The summed E-state index contributed by atoms with van der Waals surface area (Å²) in [5, 5.41) is 2.03. The van der Waals surface area contributed by atoms with Crippen LogP contribution in [0.25, 0.3) is 0 Å². The summed E-state index contributed by atoms with van der Waals surface area (Å²) in [4.78, 5) is 13.4. The lowest BCUT2D eigenvalue weighted by Gasteiger charge is -2.26. The third kappa shape index (κ3) is 4.00. The normalized spacial score (nSPS) is 12.8. The van der Waals surface area contributed by atoms with Crippen molar-refractivity contribution in [1.29, 1.82) is 0 Å². The number of hydrogen-bond acceptors (Lipinski definition) is 2. The lowest BCUT2D eigenvalue weighted by molar-refractivity contribution is -0.115. The minimum atomic E-state index is -2.43. The maximum Gasteiger partial charge on any atom is 0.175 e. The molecule has 0 saturated heterocycles. The van der Waals surface area contributed by atoms with Crippen molar-refractivity contribution >= 4 is 34.0 Å². The van der Waals surface area contributed by atoms with Crippen molar-refractivity contribution in [2.75, 3.05) is 0 Å². The van der Waals surface area contributed by atoms with Crippen LogP contribution in [0.1, 0.15) is 39.5 Å². The molecule has 0 aliphatic heterocycles. The van der Waals surface area contributed by atoms with E-state index >= 15 is 0 Å². The number of carbonyl (C=O) groups excluding carboxylic acids is 1. The molecule has 0 bridgehead atoms. The lowest BCUT2D eigenvalue weighted by atomic mass is 10.0. The van der Waals surface area contributed by atoms with Crippen molar-refractivity contribution in [2.45, 2.75) is 39.5 Å². The highest BCUT2D eigenvalue weighted by Crippen LogP contribution is 2.48. The van der Waals surface area contributed by atoms with E-state index in [2.05, 4.69) is 13.8 Å². The molecule has 0 amide bonds. The van der Waals surface area contributed by atoms with Crippen LogP contribution < -0.4 is 10.6 Å². The zero-order valence-corrected chi connectivity index (χ0v) is 15.7. The summed E-state index contributed by atoms with van der Waals surface area (Å²) < 4.78 is 0. The summed E-state index contributed by atoms with van der Waals surface area (Å²) in [6, 6.07) is 17.6. The van der Waals surface area contributed by atoms with Crippen LogP contribution in [0.4, 0.5) is 0 Å². The number of hydrogen-bond donors (Lipinski definition) is 0. The molecular formula is C20H25OPS. The Morgan fingerprint density at radius 3 is 1.83 bits per heavy atom. The first-order valence-corrected chi connectivity index (χ1v) is 11.2. The molecule has 2 aromatic carbocycles. The van der Waals surface area contributed by atoms with Crippen molar-refractivity contribution in [3.63, 3.8) is 0 Å². The number of unbranched alkanes of at least 4 members (excludes halogenated alkanes) is 1. The number of carbonyl (C=O) groups is 1. The maximum absolute atomic E-state index is 13.4. The second-order valence-corrected chi connectivity index (χ2v) is 10.2. The minimum Gasteiger partial charge on any atom is -0.293 e. The van der Waals surface area contributed by atoms with Crippen LogP contribution in [0.15, 0.2) is 60.7 Å². The number of rotatable bonds is 8. The Kier molecular flexibility index (Phi) is 6.74. The van der Waals surface area contributed by atoms with Crippen molar-refractivity contribution in [1.82, 2.24) is 0 Å². The molecule has 1 nitrogen and oxygen atoms in total. The van der Waals surface area contributed by atoms with Crippen molar-refractivity contribution < 1.29 is 4.79 Å². The molecule has 1 atom stereocenters. The zero-order chi connectivity index (χ0) is 16.7. The maximum atomic E-state index is 13.4. The molecular weight excluding hydrogens is 319 g/mol. The van der Waals surface area contributed by atoms with Crippen LogP contribution >= 0.6 is 6.04 Å². The van der Waals surface area contributed by atoms with Gasteiger partial charge in [-0.2, -0.15) is 0 Å². The van der Waals surface area contributed by atoms with Gasteiger partial charge < -0.3 is 0 Å². The van der Waals surface area contributed by atoms with Crippen LogP contribution in [-0.4, -0.2) is 5.52 Å². The van der Waals surface area contributed by atoms with E-state index in [-0.39, 0.29) is 11.4 Å². The fourth-order valence-corrected chi connectivity index (χ4v) is 6.88. The lowest BCUT2D eigenvalue weighted by Crippen LogP contribution is -2.27. The quantitative estimate of drug-likeness (QED) is 0.636. The summed E-state index contributed by atoms with van der Waals surface area (Å²) >= 11 is 6.11. The molecule has 0 aliphatic rings. The molecule has 2 aromatic rings. The van der Waals surface area contributed by atoms with Gasteiger partial charge in [0.1, 0.15) is 0 Å².